The second-order valence-electron chi connectivity index (χ2n) is 6.07. The summed E-state index contributed by atoms with van der Waals surface area (Å²) in [4.78, 5) is 2.01. The van der Waals surface area contributed by atoms with Gasteiger partial charge in [-0.1, -0.05) is 0 Å². The fraction of sp³-hybridized carbons (Fsp3) is 0.562. The van der Waals surface area contributed by atoms with E-state index in [0.717, 1.165) is 18.7 Å². The standard InChI is InChI=1S/C16H20FN3O3S2/c1-24-15-11-23-10-14(15)19-4-6-20(7-5-19)25(21,22)16-8-13(17)3-2-12(16)9-18/h2-3,8,14-15H,4-7,10-11H2,1H3/t14-,15-/m1/s1. The van der Waals surface area contributed by atoms with Crippen LogP contribution in [-0.2, 0) is 14.8 Å². The number of piperazine rings is 1. The predicted molar refractivity (Wildman–Crippen MR) is 93.4 cm³/mol. The largest absolute Gasteiger partial charge is 0.379 e. The van der Waals surface area contributed by atoms with Crippen molar-refractivity contribution in [2.75, 3.05) is 45.6 Å². The quantitative estimate of drug-likeness (QED) is 0.774. The number of benzene rings is 1. The molecule has 2 heterocycles. The van der Waals surface area contributed by atoms with Gasteiger partial charge < -0.3 is 4.74 Å². The summed E-state index contributed by atoms with van der Waals surface area (Å²) < 4.78 is 46.1. The summed E-state index contributed by atoms with van der Waals surface area (Å²) >= 11 is 1.77. The first-order valence-electron chi connectivity index (χ1n) is 8.01. The summed E-state index contributed by atoms with van der Waals surface area (Å²) in [5, 5.41) is 9.53. The van der Waals surface area contributed by atoms with Crippen LogP contribution in [0.25, 0.3) is 0 Å². The molecule has 9 heteroatoms. The van der Waals surface area contributed by atoms with E-state index in [1.807, 2.05) is 6.07 Å². The highest BCUT2D eigenvalue weighted by Gasteiger charge is 2.37. The van der Waals surface area contributed by atoms with E-state index in [0.29, 0.717) is 44.1 Å². The molecular weight excluding hydrogens is 365 g/mol. The number of nitriles is 1. The van der Waals surface area contributed by atoms with Crippen molar-refractivity contribution < 1.29 is 17.5 Å². The van der Waals surface area contributed by atoms with Crippen LogP contribution in [0.15, 0.2) is 23.1 Å². The highest BCUT2D eigenvalue weighted by atomic mass is 32.2. The lowest BCUT2D eigenvalue weighted by molar-refractivity contribution is 0.114. The summed E-state index contributed by atoms with van der Waals surface area (Å²) in [7, 11) is -3.89. The third-order valence-corrected chi connectivity index (χ3v) is 7.72. The van der Waals surface area contributed by atoms with Gasteiger partial charge in [-0.25, -0.2) is 12.8 Å². The number of nitrogens with zero attached hydrogens (tertiary/aromatic N) is 3. The van der Waals surface area contributed by atoms with Crippen LogP contribution in [0.3, 0.4) is 0 Å². The second-order valence-corrected chi connectivity index (χ2v) is 9.05. The summed E-state index contributed by atoms with van der Waals surface area (Å²) in [5.74, 6) is -0.665. The lowest BCUT2D eigenvalue weighted by Crippen LogP contribution is -2.54. The fourth-order valence-corrected chi connectivity index (χ4v) is 5.68. The molecule has 1 aromatic carbocycles. The number of halogens is 1. The van der Waals surface area contributed by atoms with Gasteiger partial charge in [0, 0.05) is 37.5 Å². The molecule has 25 heavy (non-hydrogen) atoms. The van der Waals surface area contributed by atoms with Gasteiger partial charge in [-0.05, 0) is 24.5 Å². The molecule has 2 aliphatic heterocycles. The molecule has 0 radical (unpaired) electrons. The molecule has 2 aliphatic rings. The van der Waals surface area contributed by atoms with Gasteiger partial charge in [-0.15, -0.1) is 0 Å². The second kappa shape index (κ2) is 7.60. The molecule has 2 saturated heterocycles. The van der Waals surface area contributed by atoms with Crippen LogP contribution in [0.1, 0.15) is 5.56 Å². The summed E-state index contributed by atoms with van der Waals surface area (Å²) in [6, 6.07) is 5.35. The first-order valence-corrected chi connectivity index (χ1v) is 10.7. The Balaban J connectivity index is 1.74. The van der Waals surface area contributed by atoms with E-state index in [-0.39, 0.29) is 10.5 Å². The minimum Gasteiger partial charge on any atom is -0.379 e. The molecule has 2 atom stereocenters. The van der Waals surface area contributed by atoms with Gasteiger partial charge in [0.1, 0.15) is 16.8 Å². The fourth-order valence-electron chi connectivity index (χ4n) is 3.31. The Hall–Kier alpha value is -1.18. The zero-order valence-electron chi connectivity index (χ0n) is 13.9. The van der Waals surface area contributed by atoms with Gasteiger partial charge in [-0.3, -0.25) is 4.90 Å². The average molecular weight is 385 g/mol. The van der Waals surface area contributed by atoms with Crippen LogP contribution in [0.4, 0.5) is 4.39 Å². The Morgan fingerprint density at radius 2 is 2.00 bits per heavy atom. The molecule has 2 fully saturated rings. The van der Waals surface area contributed by atoms with E-state index in [9.17, 15) is 12.8 Å². The van der Waals surface area contributed by atoms with Crippen LogP contribution in [-0.4, -0.2) is 74.6 Å². The SMILES string of the molecule is CS[C@@H]1COC[C@H]1N1CCN(S(=O)(=O)c2cc(F)ccc2C#N)CC1. The molecule has 136 valence electrons. The molecule has 0 bridgehead atoms. The topological polar surface area (TPSA) is 73.6 Å². The summed E-state index contributed by atoms with van der Waals surface area (Å²) in [5.41, 5.74) is -0.0320. The zero-order chi connectivity index (χ0) is 18.0. The van der Waals surface area contributed by atoms with E-state index in [1.165, 1.54) is 10.4 Å². The summed E-state index contributed by atoms with van der Waals surface area (Å²) in [6.07, 6.45) is 2.06. The summed E-state index contributed by atoms with van der Waals surface area (Å²) in [6.45, 7) is 3.23. The molecule has 0 aliphatic carbocycles. The van der Waals surface area contributed by atoms with Crippen LogP contribution in [0.5, 0.6) is 0 Å². The smallest absolute Gasteiger partial charge is 0.244 e. The predicted octanol–water partition coefficient (Wildman–Crippen LogP) is 1.13. The Morgan fingerprint density at radius 3 is 2.64 bits per heavy atom. The maximum Gasteiger partial charge on any atom is 0.244 e. The lowest BCUT2D eigenvalue weighted by atomic mass is 10.2. The van der Waals surface area contributed by atoms with Crippen molar-refractivity contribution in [3.05, 3.63) is 29.6 Å². The molecule has 0 spiro atoms. The average Bonchev–Trinajstić information content (AvgIpc) is 3.10. The Morgan fingerprint density at radius 1 is 1.28 bits per heavy atom. The zero-order valence-corrected chi connectivity index (χ0v) is 15.5. The molecule has 0 amide bonds. The van der Waals surface area contributed by atoms with Gasteiger partial charge in [-0.2, -0.15) is 21.3 Å². The van der Waals surface area contributed by atoms with E-state index in [4.69, 9.17) is 10.00 Å². The normalized spacial score (nSPS) is 25.8. The maximum absolute atomic E-state index is 13.5. The minimum atomic E-state index is -3.89. The molecular formula is C16H20FN3O3S2. The van der Waals surface area contributed by atoms with Gasteiger partial charge in [0.2, 0.25) is 10.0 Å². The third-order valence-electron chi connectivity index (χ3n) is 4.73. The van der Waals surface area contributed by atoms with E-state index in [1.54, 1.807) is 11.8 Å². The number of sulfonamides is 1. The Bertz CT molecular complexity index is 773. The number of hydrogen-bond acceptors (Lipinski definition) is 6. The third kappa shape index (κ3) is 3.68. The van der Waals surface area contributed by atoms with Crippen LogP contribution >= 0.6 is 11.8 Å². The lowest BCUT2D eigenvalue weighted by Gasteiger charge is -2.38. The van der Waals surface area contributed by atoms with Gasteiger partial charge in [0.15, 0.2) is 0 Å². The van der Waals surface area contributed by atoms with Crippen molar-refractivity contribution in [1.82, 2.24) is 9.21 Å². The molecule has 0 unspecified atom stereocenters. The van der Waals surface area contributed by atoms with Crippen molar-refractivity contribution >= 4 is 21.8 Å². The highest BCUT2D eigenvalue weighted by Crippen LogP contribution is 2.26. The monoisotopic (exact) mass is 385 g/mol. The molecule has 6 nitrogen and oxygen atoms in total. The van der Waals surface area contributed by atoms with Crippen molar-refractivity contribution in [2.45, 2.75) is 16.2 Å². The van der Waals surface area contributed by atoms with Crippen molar-refractivity contribution in [2.24, 2.45) is 0 Å². The number of rotatable bonds is 4. The Labute approximate surface area is 151 Å². The van der Waals surface area contributed by atoms with Gasteiger partial charge >= 0.3 is 0 Å². The Kier molecular flexibility index (Phi) is 5.65. The van der Waals surface area contributed by atoms with E-state index >= 15 is 0 Å². The minimum absolute atomic E-state index is 0.0320. The van der Waals surface area contributed by atoms with Crippen molar-refractivity contribution in [3.63, 3.8) is 0 Å². The van der Waals surface area contributed by atoms with E-state index in [2.05, 4.69) is 11.2 Å². The van der Waals surface area contributed by atoms with Gasteiger partial charge in [0.05, 0.1) is 18.8 Å². The molecule has 0 saturated carbocycles. The van der Waals surface area contributed by atoms with Crippen LogP contribution in [0, 0.1) is 17.1 Å². The molecule has 1 aromatic rings. The first-order chi connectivity index (χ1) is 12.0. The van der Waals surface area contributed by atoms with Crippen LogP contribution < -0.4 is 0 Å². The number of hydrogen-bond donors (Lipinski definition) is 0. The van der Waals surface area contributed by atoms with Gasteiger partial charge in [0.25, 0.3) is 0 Å². The number of thioether (sulfide) groups is 1. The van der Waals surface area contributed by atoms with Crippen molar-refractivity contribution in [1.29, 1.82) is 5.26 Å². The van der Waals surface area contributed by atoms with Crippen LogP contribution in [0.2, 0.25) is 0 Å². The first kappa shape index (κ1) is 18.6. The van der Waals surface area contributed by atoms with E-state index < -0.39 is 15.8 Å². The van der Waals surface area contributed by atoms with Crippen molar-refractivity contribution in [3.8, 4) is 6.07 Å². The molecule has 0 N–H and O–H groups in total. The molecule has 3 rings (SSSR count). The highest BCUT2D eigenvalue weighted by molar-refractivity contribution is 7.99. The maximum atomic E-state index is 13.5. The number of ether oxygens (including phenoxy) is 1. The molecule has 0 aromatic heterocycles.